The largest absolute Gasteiger partial charge is 0.488 e. The van der Waals surface area contributed by atoms with Gasteiger partial charge in [-0.2, -0.15) is 0 Å². The number of carboxylic acid groups (broad SMARTS) is 2. The summed E-state index contributed by atoms with van der Waals surface area (Å²) in [5, 5.41) is 18.3. The van der Waals surface area contributed by atoms with Gasteiger partial charge in [-0.15, -0.1) is 0 Å². The molecule has 4 aromatic rings. The molecular formula is C40H44N2O5. The van der Waals surface area contributed by atoms with Crippen molar-refractivity contribution in [2.24, 2.45) is 5.92 Å². The average Bonchev–Trinajstić information content (AvgIpc) is 3.09. The zero-order valence-corrected chi connectivity index (χ0v) is 26.8. The summed E-state index contributed by atoms with van der Waals surface area (Å²) in [5.74, 6) is -0.750. The average molecular weight is 633 g/mol. The van der Waals surface area contributed by atoms with E-state index in [9.17, 15) is 14.7 Å². The van der Waals surface area contributed by atoms with Crippen LogP contribution in [-0.4, -0.2) is 53.2 Å². The summed E-state index contributed by atoms with van der Waals surface area (Å²) in [6.07, 6.45) is 7.41. The lowest BCUT2D eigenvalue weighted by atomic mass is 9.92. The van der Waals surface area contributed by atoms with Crippen LogP contribution in [0.3, 0.4) is 0 Å². The van der Waals surface area contributed by atoms with Gasteiger partial charge in [0.25, 0.3) is 0 Å². The predicted molar refractivity (Wildman–Crippen MR) is 187 cm³/mol. The lowest BCUT2D eigenvalue weighted by Crippen LogP contribution is -2.45. The summed E-state index contributed by atoms with van der Waals surface area (Å²) >= 11 is 0. The number of hydrogen-bond donors (Lipinski definition) is 2. The van der Waals surface area contributed by atoms with E-state index in [1.54, 1.807) is 12.1 Å². The molecule has 1 aliphatic heterocycles. The van der Waals surface area contributed by atoms with Crippen LogP contribution in [0, 0.1) is 5.92 Å². The minimum Gasteiger partial charge on any atom is -0.488 e. The number of benzene rings is 4. The monoisotopic (exact) mass is 632 g/mol. The minimum atomic E-state index is -0.942. The molecule has 2 N–H and O–H groups in total. The number of aliphatic carboxylic acids is 1. The lowest BCUT2D eigenvalue weighted by Gasteiger charge is -2.36. The van der Waals surface area contributed by atoms with Gasteiger partial charge in [0.2, 0.25) is 0 Å². The highest BCUT2D eigenvalue weighted by molar-refractivity contribution is 5.87. The lowest BCUT2D eigenvalue weighted by molar-refractivity contribution is -0.137. The van der Waals surface area contributed by atoms with Crippen molar-refractivity contribution >= 4 is 23.7 Å². The number of unbranched alkanes of at least 4 members (excludes halogenated alkanes) is 1. The standard InChI is InChI=1S/C40H44N2O5/c43-39(44)13-7-4-8-31(28-32-15-20-36(21-16-32)40(45)46)14-19-35-11-5-6-12-38(35)47-30-34-17-22-37(23-18-34)42-26-24-41(25-27-42)29-33-9-2-1-3-10-33/h1-3,5-6,9-12,14-23,31H,4,7-8,13,24-30H2,(H,43,44)(H,45,46). The number of aromatic carboxylic acids is 1. The van der Waals surface area contributed by atoms with Crippen molar-refractivity contribution in [3.63, 3.8) is 0 Å². The van der Waals surface area contributed by atoms with E-state index in [1.165, 1.54) is 11.3 Å². The highest BCUT2D eigenvalue weighted by Gasteiger charge is 2.17. The molecule has 1 fully saturated rings. The molecule has 47 heavy (non-hydrogen) atoms. The number of piperazine rings is 1. The third-order valence-corrected chi connectivity index (χ3v) is 8.70. The van der Waals surface area contributed by atoms with Gasteiger partial charge in [0.1, 0.15) is 12.4 Å². The number of carboxylic acids is 2. The van der Waals surface area contributed by atoms with E-state index in [-0.39, 0.29) is 17.9 Å². The van der Waals surface area contributed by atoms with Crippen LogP contribution in [0.15, 0.2) is 109 Å². The van der Waals surface area contributed by atoms with Gasteiger partial charge in [-0.3, -0.25) is 9.69 Å². The summed E-state index contributed by atoms with van der Waals surface area (Å²) in [6.45, 7) is 5.57. The summed E-state index contributed by atoms with van der Waals surface area (Å²) in [4.78, 5) is 27.2. The molecule has 1 unspecified atom stereocenters. The number of nitrogens with zero attached hydrogens (tertiary/aromatic N) is 2. The third kappa shape index (κ3) is 10.6. The molecule has 0 amide bonds. The van der Waals surface area contributed by atoms with Crippen LogP contribution >= 0.6 is 0 Å². The molecule has 0 bridgehead atoms. The van der Waals surface area contributed by atoms with Gasteiger partial charge in [0, 0.05) is 50.4 Å². The molecule has 0 saturated carbocycles. The van der Waals surface area contributed by atoms with Gasteiger partial charge in [-0.05, 0) is 72.2 Å². The van der Waals surface area contributed by atoms with Gasteiger partial charge in [0.15, 0.2) is 0 Å². The Morgan fingerprint density at radius 2 is 1.43 bits per heavy atom. The molecular weight excluding hydrogens is 588 g/mol. The molecule has 7 heteroatoms. The van der Waals surface area contributed by atoms with Crippen LogP contribution in [0.1, 0.15) is 58.3 Å². The fourth-order valence-corrected chi connectivity index (χ4v) is 5.99. The Labute approximate surface area is 277 Å². The molecule has 7 nitrogen and oxygen atoms in total. The molecule has 0 aliphatic carbocycles. The Hall–Kier alpha value is -4.88. The van der Waals surface area contributed by atoms with Gasteiger partial charge < -0.3 is 19.8 Å². The summed E-state index contributed by atoms with van der Waals surface area (Å²) in [6, 6.07) is 34.3. The number of para-hydroxylation sites is 1. The normalized spacial score (nSPS) is 14.3. The maximum Gasteiger partial charge on any atom is 0.335 e. The number of allylic oxidation sites excluding steroid dienone is 1. The molecule has 244 valence electrons. The van der Waals surface area contributed by atoms with E-state index in [0.29, 0.717) is 13.0 Å². The molecule has 5 rings (SSSR count). The molecule has 1 aliphatic rings. The molecule has 1 saturated heterocycles. The smallest absolute Gasteiger partial charge is 0.335 e. The van der Waals surface area contributed by atoms with Crippen LogP contribution in [0.25, 0.3) is 6.08 Å². The maximum atomic E-state index is 11.3. The first kappa shape index (κ1) is 33.5. The topological polar surface area (TPSA) is 90.3 Å². The molecule has 0 aromatic heterocycles. The first-order valence-corrected chi connectivity index (χ1v) is 16.5. The number of anilines is 1. The Balaban J connectivity index is 1.16. The van der Waals surface area contributed by atoms with E-state index in [0.717, 1.165) is 74.4 Å². The third-order valence-electron chi connectivity index (χ3n) is 8.70. The second-order valence-corrected chi connectivity index (χ2v) is 12.2. The van der Waals surface area contributed by atoms with E-state index >= 15 is 0 Å². The molecule has 0 radical (unpaired) electrons. The Bertz CT molecular complexity index is 1590. The van der Waals surface area contributed by atoms with Crippen LogP contribution in [-0.2, 0) is 24.4 Å². The van der Waals surface area contributed by atoms with Crippen molar-refractivity contribution in [1.82, 2.24) is 4.90 Å². The molecule has 1 heterocycles. The van der Waals surface area contributed by atoms with E-state index in [2.05, 4.69) is 76.5 Å². The second-order valence-electron chi connectivity index (χ2n) is 12.2. The second kappa shape index (κ2) is 17.2. The van der Waals surface area contributed by atoms with Crippen molar-refractivity contribution in [2.75, 3.05) is 31.1 Å². The number of carbonyl (C=O) groups is 2. The number of ether oxygens (including phenoxy) is 1. The van der Waals surface area contributed by atoms with Crippen molar-refractivity contribution in [1.29, 1.82) is 0 Å². The van der Waals surface area contributed by atoms with Gasteiger partial charge in [0.05, 0.1) is 5.56 Å². The summed E-state index contributed by atoms with van der Waals surface area (Å²) in [5.41, 5.74) is 6.00. The number of hydrogen-bond acceptors (Lipinski definition) is 5. The highest BCUT2D eigenvalue weighted by atomic mass is 16.5. The fourth-order valence-electron chi connectivity index (χ4n) is 5.99. The van der Waals surface area contributed by atoms with Crippen molar-refractivity contribution < 1.29 is 24.5 Å². The van der Waals surface area contributed by atoms with E-state index in [4.69, 9.17) is 9.84 Å². The van der Waals surface area contributed by atoms with Gasteiger partial charge >= 0.3 is 11.9 Å². The van der Waals surface area contributed by atoms with Crippen LogP contribution in [0.2, 0.25) is 0 Å². The number of rotatable bonds is 16. The van der Waals surface area contributed by atoms with E-state index in [1.807, 2.05) is 36.4 Å². The molecule has 1 atom stereocenters. The first-order chi connectivity index (χ1) is 22.9. The Morgan fingerprint density at radius 1 is 0.745 bits per heavy atom. The maximum absolute atomic E-state index is 11.3. The fraction of sp³-hybridized carbons (Fsp3) is 0.300. The Morgan fingerprint density at radius 3 is 2.13 bits per heavy atom. The highest BCUT2D eigenvalue weighted by Crippen LogP contribution is 2.25. The van der Waals surface area contributed by atoms with Crippen molar-refractivity contribution in [3.8, 4) is 5.75 Å². The molecule has 0 spiro atoms. The van der Waals surface area contributed by atoms with Gasteiger partial charge in [-0.1, -0.05) is 91.4 Å². The SMILES string of the molecule is O=C(O)CCCCC(C=Cc1ccccc1OCc1ccc(N2CCN(Cc3ccccc3)CC2)cc1)Cc1ccc(C(=O)O)cc1. The summed E-state index contributed by atoms with van der Waals surface area (Å²) in [7, 11) is 0. The van der Waals surface area contributed by atoms with E-state index < -0.39 is 11.9 Å². The Kier molecular flexibility index (Phi) is 12.2. The zero-order valence-electron chi connectivity index (χ0n) is 26.8. The first-order valence-electron chi connectivity index (χ1n) is 16.5. The van der Waals surface area contributed by atoms with Crippen LogP contribution < -0.4 is 9.64 Å². The quantitative estimate of drug-likeness (QED) is 0.122. The van der Waals surface area contributed by atoms with Crippen LogP contribution in [0.5, 0.6) is 5.75 Å². The molecule has 4 aromatic carbocycles. The minimum absolute atomic E-state index is 0.160. The van der Waals surface area contributed by atoms with Crippen molar-refractivity contribution in [2.45, 2.75) is 45.3 Å². The van der Waals surface area contributed by atoms with Crippen LogP contribution in [0.4, 0.5) is 5.69 Å². The zero-order chi connectivity index (χ0) is 32.8. The van der Waals surface area contributed by atoms with Gasteiger partial charge in [-0.25, -0.2) is 4.79 Å². The van der Waals surface area contributed by atoms with Crippen molar-refractivity contribution in [3.05, 3.63) is 137 Å². The predicted octanol–water partition coefficient (Wildman–Crippen LogP) is 7.80. The summed E-state index contributed by atoms with van der Waals surface area (Å²) < 4.78 is 6.30.